The second-order valence-electron chi connectivity index (χ2n) is 6.28. The summed E-state index contributed by atoms with van der Waals surface area (Å²) in [6, 6.07) is 4.95. The van der Waals surface area contributed by atoms with Crippen LogP contribution in [0.3, 0.4) is 0 Å². The van der Waals surface area contributed by atoms with Gasteiger partial charge in [0.2, 0.25) is 11.9 Å². The molecule has 2 aliphatic heterocycles. The number of fused-ring (bicyclic) bond motifs is 2. The number of rotatable bonds is 2. The molecule has 3 heterocycles. The van der Waals surface area contributed by atoms with Crippen molar-refractivity contribution in [3.8, 4) is 11.5 Å². The highest BCUT2D eigenvalue weighted by Crippen LogP contribution is 2.39. The molecule has 5 rings (SSSR count). The first-order chi connectivity index (χ1) is 11.4. The zero-order valence-corrected chi connectivity index (χ0v) is 13.6. The quantitative estimate of drug-likeness (QED) is 0.833. The Hall–Kier alpha value is -1.86. The van der Waals surface area contributed by atoms with Gasteiger partial charge >= 0.3 is 0 Å². The first kappa shape index (κ1) is 13.6. The molecule has 0 N–H and O–H groups in total. The molecule has 1 aliphatic carbocycles. The largest absolute Gasteiger partial charge is 0.454 e. The van der Waals surface area contributed by atoms with E-state index in [0.717, 1.165) is 55.7 Å². The van der Waals surface area contributed by atoms with E-state index >= 15 is 0 Å². The van der Waals surface area contributed by atoms with Gasteiger partial charge in [0, 0.05) is 32.2 Å². The van der Waals surface area contributed by atoms with Gasteiger partial charge in [0.05, 0.1) is 0 Å². The van der Waals surface area contributed by atoms with Gasteiger partial charge in [-0.05, 0) is 36.1 Å². The fourth-order valence-corrected chi connectivity index (χ4v) is 4.44. The third kappa shape index (κ3) is 2.35. The molecule has 2 aromatic rings. The number of nitrogens with zero attached hydrogens (tertiary/aromatic N) is 4. The van der Waals surface area contributed by atoms with E-state index in [-0.39, 0.29) is 0 Å². The minimum atomic E-state index is 0.356. The van der Waals surface area contributed by atoms with Crippen molar-refractivity contribution in [1.29, 1.82) is 0 Å². The summed E-state index contributed by atoms with van der Waals surface area (Å²) in [5, 5.41) is 9.17. The monoisotopic (exact) mass is 330 g/mol. The molecular formula is C16H18N4O2S. The fraction of sp³-hybridized carbons (Fsp3) is 0.500. The summed E-state index contributed by atoms with van der Waals surface area (Å²) in [7, 11) is 0. The van der Waals surface area contributed by atoms with Gasteiger partial charge in [-0.3, -0.25) is 4.90 Å². The SMILES string of the molecule is c1nnc(N2CCN(C3Cc4cc5c(cc4C3)OCO5)CC2)s1. The Morgan fingerprint density at radius 2 is 1.70 bits per heavy atom. The summed E-state index contributed by atoms with van der Waals surface area (Å²) in [6.07, 6.45) is 2.23. The molecule has 7 heteroatoms. The number of anilines is 1. The van der Waals surface area contributed by atoms with E-state index in [9.17, 15) is 0 Å². The van der Waals surface area contributed by atoms with Crippen LogP contribution >= 0.6 is 11.3 Å². The average Bonchev–Trinajstić information content (AvgIpc) is 3.32. The maximum atomic E-state index is 5.51. The molecule has 120 valence electrons. The van der Waals surface area contributed by atoms with Gasteiger partial charge in [0.25, 0.3) is 0 Å². The van der Waals surface area contributed by atoms with Gasteiger partial charge in [-0.1, -0.05) is 11.3 Å². The molecule has 6 nitrogen and oxygen atoms in total. The van der Waals surface area contributed by atoms with E-state index in [2.05, 4.69) is 32.1 Å². The molecule has 0 radical (unpaired) electrons. The fourth-order valence-electron chi connectivity index (χ4n) is 3.83. The van der Waals surface area contributed by atoms with E-state index in [1.165, 1.54) is 11.1 Å². The predicted molar refractivity (Wildman–Crippen MR) is 87.5 cm³/mol. The highest BCUT2D eigenvalue weighted by Gasteiger charge is 2.31. The van der Waals surface area contributed by atoms with E-state index in [1.54, 1.807) is 16.8 Å². The Morgan fingerprint density at radius 1 is 1.00 bits per heavy atom. The zero-order chi connectivity index (χ0) is 15.2. The third-order valence-corrected chi connectivity index (χ3v) is 5.81. The molecule has 0 amide bonds. The summed E-state index contributed by atoms with van der Waals surface area (Å²) < 4.78 is 11.0. The van der Waals surface area contributed by atoms with Gasteiger partial charge in [-0.15, -0.1) is 10.2 Å². The normalized spacial score (nSPS) is 21.0. The predicted octanol–water partition coefficient (Wildman–Crippen LogP) is 1.56. The molecule has 3 aliphatic rings. The number of hydrogen-bond donors (Lipinski definition) is 0. The summed E-state index contributed by atoms with van der Waals surface area (Å²) in [5.41, 5.74) is 4.65. The van der Waals surface area contributed by atoms with Crippen LogP contribution in [0.25, 0.3) is 0 Å². The van der Waals surface area contributed by atoms with Crippen molar-refractivity contribution in [1.82, 2.24) is 15.1 Å². The minimum absolute atomic E-state index is 0.356. The standard InChI is InChI=1S/C16H18N4O2S/c1-3-20(16-18-17-9-23-16)4-2-19(1)13-5-11-7-14-15(22-10-21-14)8-12(11)6-13/h7-9,13H,1-6,10H2. The lowest BCUT2D eigenvalue weighted by atomic mass is 10.1. The molecule has 0 atom stereocenters. The molecule has 1 aromatic carbocycles. The molecule has 0 bridgehead atoms. The molecule has 23 heavy (non-hydrogen) atoms. The van der Waals surface area contributed by atoms with Crippen LogP contribution in [0.2, 0.25) is 0 Å². The molecular weight excluding hydrogens is 312 g/mol. The Labute approximate surface area is 138 Å². The Balaban J connectivity index is 1.26. The van der Waals surface area contributed by atoms with E-state index in [4.69, 9.17) is 9.47 Å². The molecule has 0 unspecified atom stereocenters. The molecule has 1 aromatic heterocycles. The van der Waals surface area contributed by atoms with Gasteiger partial charge in [-0.2, -0.15) is 0 Å². The van der Waals surface area contributed by atoms with Crippen LogP contribution in [-0.2, 0) is 12.8 Å². The van der Waals surface area contributed by atoms with E-state index in [1.807, 2.05) is 0 Å². The van der Waals surface area contributed by atoms with Crippen LogP contribution in [-0.4, -0.2) is 54.1 Å². The van der Waals surface area contributed by atoms with Gasteiger partial charge in [0.1, 0.15) is 5.51 Å². The summed E-state index contributed by atoms with van der Waals surface area (Å²) in [6.45, 7) is 4.60. The smallest absolute Gasteiger partial charge is 0.231 e. The van der Waals surface area contributed by atoms with Gasteiger partial charge in [-0.25, -0.2) is 0 Å². The highest BCUT2D eigenvalue weighted by atomic mass is 32.1. The van der Waals surface area contributed by atoms with Crippen molar-refractivity contribution >= 4 is 16.5 Å². The maximum absolute atomic E-state index is 5.51. The molecule has 1 saturated heterocycles. The third-order valence-electron chi connectivity index (χ3n) is 5.06. The van der Waals surface area contributed by atoms with Crippen LogP contribution < -0.4 is 14.4 Å². The Bertz CT molecular complexity index is 680. The van der Waals surface area contributed by atoms with Crippen molar-refractivity contribution in [2.24, 2.45) is 0 Å². The lowest BCUT2D eigenvalue weighted by Gasteiger charge is -2.37. The molecule has 0 spiro atoms. The first-order valence-electron chi connectivity index (χ1n) is 8.03. The van der Waals surface area contributed by atoms with Crippen LogP contribution in [0.5, 0.6) is 11.5 Å². The van der Waals surface area contributed by atoms with Crippen LogP contribution in [0.15, 0.2) is 17.6 Å². The second-order valence-corrected chi connectivity index (χ2v) is 7.09. The topological polar surface area (TPSA) is 50.7 Å². The lowest BCUT2D eigenvalue weighted by molar-refractivity contribution is 0.173. The summed E-state index contributed by atoms with van der Waals surface area (Å²) in [4.78, 5) is 4.96. The number of aromatic nitrogens is 2. The van der Waals surface area contributed by atoms with Crippen molar-refractivity contribution < 1.29 is 9.47 Å². The Morgan fingerprint density at radius 3 is 2.30 bits per heavy atom. The average molecular weight is 330 g/mol. The number of hydrogen-bond acceptors (Lipinski definition) is 7. The van der Waals surface area contributed by atoms with Crippen molar-refractivity contribution in [3.63, 3.8) is 0 Å². The number of ether oxygens (including phenoxy) is 2. The molecule has 1 fully saturated rings. The van der Waals surface area contributed by atoms with Crippen molar-refractivity contribution in [2.75, 3.05) is 37.9 Å². The Kier molecular flexibility index (Phi) is 3.16. The minimum Gasteiger partial charge on any atom is -0.454 e. The van der Waals surface area contributed by atoms with Crippen molar-refractivity contribution in [2.45, 2.75) is 18.9 Å². The van der Waals surface area contributed by atoms with Gasteiger partial charge in [0.15, 0.2) is 11.5 Å². The van der Waals surface area contributed by atoms with Crippen LogP contribution in [0.1, 0.15) is 11.1 Å². The van der Waals surface area contributed by atoms with E-state index < -0.39 is 0 Å². The van der Waals surface area contributed by atoms with Gasteiger partial charge < -0.3 is 14.4 Å². The number of benzene rings is 1. The summed E-state index contributed by atoms with van der Waals surface area (Å²) >= 11 is 1.62. The lowest BCUT2D eigenvalue weighted by Crippen LogP contribution is -2.50. The number of piperazine rings is 1. The first-order valence-corrected chi connectivity index (χ1v) is 8.91. The highest BCUT2D eigenvalue weighted by molar-refractivity contribution is 7.13. The summed E-state index contributed by atoms with van der Waals surface area (Å²) in [5.74, 6) is 1.82. The molecule has 0 saturated carbocycles. The zero-order valence-electron chi connectivity index (χ0n) is 12.8. The van der Waals surface area contributed by atoms with Crippen molar-refractivity contribution in [3.05, 3.63) is 28.8 Å². The van der Waals surface area contributed by atoms with Crippen LogP contribution in [0, 0.1) is 0 Å². The second kappa shape index (κ2) is 5.35. The van der Waals surface area contributed by atoms with E-state index in [0.29, 0.717) is 12.8 Å². The maximum Gasteiger partial charge on any atom is 0.231 e. The van der Waals surface area contributed by atoms with Crippen LogP contribution in [0.4, 0.5) is 5.13 Å².